The monoisotopic (exact) mass is 293 g/mol. The molecule has 0 atom stereocenters. The second-order valence-corrected chi connectivity index (χ2v) is 5.53. The molecule has 0 saturated carbocycles. The minimum Gasteiger partial charge on any atom is -0.481 e. The van der Waals surface area contributed by atoms with Gasteiger partial charge in [0.25, 0.3) is 0 Å². The average molecular weight is 293 g/mol. The molecule has 0 bridgehead atoms. The van der Waals surface area contributed by atoms with Crippen molar-refractivity contribution in [1.82, 2.24) is 4.98 Å². The van der Waals surface area contributed by atoms with Crippen LogP contribution in [-0.4, -0.2) is 42.2 Å². The summed E-state index contributed by atoms with van der Waals surface area (Å²) in [6.45, 7) is 11.7. The molecule has 0 amide bonds. The number of anilines is 2. The van der Waals surface area contributed by atoms with E-state index in [1.54, 1.807) is 0 Å². The van der Waals surface area contributed by atoms with Crippen molar-refractivity contribution >= 4 is 17.5 Å². The third-order valence-electron chi connectivity index (χ3n) is 3.37. The van der Waals surface area contributed by atoms with Crippen molar-refractivity contribution in [2.45, 2.75) is 34.1 Å². The van der Waals surface area contributed by atoms with Gasteiger partial charge in [0.2, 0.25) is 0 Å². The van der Waals surface area contributed by atoms with Gasteiger partial charge in [-0.3, -0.25) is 4.79 Å². The average Bonchev–Trinajstić information content (AvgIpc) is 2.45. The molecule has 0 aliphatic heterocycles. The van der Waals surface area contributed by atoms with Crippen LogP contribution in [0, 0.1) is 5.92 Å². The van der Waals surface area contributed by atoms with Crippen LogP contribution in [0.2, 0.25) is 0 Å². The Bertz CT molecular complexity index is 428. The van der Waals surface area contributed by atoms with Crippen LogP contribution in [0.1, 0.15) is 34.1 Å². The van der Waals surface area contributed by atoms with E-state index in [1.807, 2.05) is 18.3 Å². The fourth-order valence-electron chi connectivity index (χ4n) is 2.30. The molecule has 0 aliphatic rings. The molecule has 0 aromatic carbocycles. The molecule has 0 radical (unpaired) electrons. The van der Waals surface area contributed by atoms with Crippen molar-refractivity contribution in [3.8, 4) is 0 Å². The van der Waals surface area contributed by atoms with Gasteiger partial charge < -0.3 is 14.9 Å². The quantitative estimate of drug-likeness (QED) is 0.758. The molecule has 1 heterocycles. The minimum atomic E-state index is -0.767. The van der Waals surface area contributed by atoms with Gasteiger partial charge in [0.15, 0.2) is 0 Å². The van der Waals surface area contributed by atoms with E-state index in [0.29, 0.717) is 12.5 Å². The summed E-state index contributed by atoms with van der Waals surface area (Å²) in [7, 11) is 0. The van der Waals surface area contributed by atoms with Gasteiger partial charge in [0.05, 0.1) is 18.3 Å². The lowest BCUT2D eigenvalue weighted by Crippen LogP contribution is -2.30. The molecule has 1 aromatic heterocycles. The second-order valence-electron chi connectivity index (χ2n) is 5.53. The zero-order valence-electron chi connectivity index (χ0n) is 13.5. The fraction of sp³-hybridized carbons (Fsp3) is 0.625. The Kier molecular flexibility index (Phi) is 6.99. The van der Waals surface area contributed by atoms with Crippen LogP contribution in [0.5, 0.6) is 0 Å². The number of aliphatic carboxylic acids is 1. The molecule has 0 unspecified atom stereocenters. The maximum absolute atomic E-state index is 10.8. The van der Waals surface area contributed by atoms with Crippen LogP contribution in [0.25, 0.3) is 0 Å². The van der Waals surface area contributed by atoms with Gasteiger partial charge >= 0.3 is 5.97 Å². The molecule has 118 valence electrons. The van der Waals surface area contributed by atoms with Gasteiger partial charge in [-0.05, 0) is 31.9 Å². The van der Waals surface area contributed by atoms with E-state index < -0.39 is 5.97 Å². The highest BCUT2D eigenvalue weighted by atomic mass is 16.4. The number of hydrogen-bond acceptors (Lipinski definition) is 4. The predicted molar refractivity (Wildman–Crippen MR) is 87.1 cm³/mol. The van der Waals surface area contributed by atoms with E-state index in [-0.39, 0.29) is 6.42 Å². The van der Waals surface area contributed by atoms with Crippen LogP contribution < -0.4 is 9.80 Å². The topological polar surface area (TPSA) is 56.7 Å². The Morgan fingerprint density at radius 3 is 2.33 bits per heavy atom. The van der Waals surface area contributed by atoms with Gasteiger partial charge in [0, 0.05) is 26.2 Å². The number of carboxylic acid groups (broad SMARTS) is 1. The molecule has 0 fully saturated rings. The van der Waals surface area contributed by atoms with Crippen molar-refractivity contribution < 1.29 is 9.90 Å². The summed E-state index contributed by atoms with van der Waals surface area (Å²) in [5.74, 6) is 0.671. The highest BCUT2D eigenvalue weighted by Crippen LogP contribution is 2.19. The van der Waals surface area contributed by atoms with Crippen LogP contribution >= 0.6 is 0 Å². The van der Waals surface area contributed by atoms with Crippen molar-refractivity contribution in [2.75, 3.05) is 36.0 Å². The summed E-state index contributed by atoms with van der Waals surface area (Å²) < 4.78 is 0. The van der Waals surface area contributed by atoms with Crippen LogP contribution in [-0.2, 0) is 4.79 Å². The largest absolute Gasteiger partial charge is 0.481 e. The molecule has 0 aliphatic carbocycles. The molecular formula is C16H27N3O2. The predicted octanol–water partition coefficient (Wildman–Crippen LogP) is 2.86. The standard InChI is InChI=1S/C16H27N3O2/c1-5-18(6-2)15-8-7-14(11-17-15)19(12-13(3)4)10-9-16(20)21/h7-8,11,13H,5-6,9-10,12H2,1-4H3,(H,20,21). The fourth-order valence-corrected chi connectivity index (χ4v) is 2.30. The van der Waals surface area contributed by atoms with E-state index in [9.17, 15) is 4.79 Å². The lowest BCUT2D eigenvalue weighted by Gasteiger charge is -2.27. The van der Waals surface area contributed by atoms with E-state index in [0.717, 1.165) is 31.1 Å². The van der Waals surface area contributed by atoms with E-state index in [4.69, 9.17) is 5.11 Å². The first-order chi connectivity index (χ1) is 9.97. The number of aromatic nitrogens is 1. The Labute approximate surface area is 127 Å². The van der Waals surface area contributed by atoms with E-state index in [1.165, 1.54) is 0 Å². The van der Waals surface area contributed by atoms with E-state index in [2.05, 4.69) is 42.5 Å². The van der Waals surface area contributed by atoms with E-state index >= 15 is 0 Å². The van der Waals surface area contributed by atoms with Gasteiger partial charge in [0.1, 0.15) is 5.82 Å². The molecule has 5 nitrogen and oxygen atoms in total. The molecule has 5 heteroatoms. The lowest BCUT2D eigenvalue weighted by atomic mass is 10.2. The number of hydrogen-bond donors (Lipinski definition) is 1. The Morgan fingerprint density at radius 2 is 1.90 bits per heavy atom. The molecule has 0 saturated heterocycles. The highest BCUT2D eigenvalue weighted by Gasteiger charge is 2.12. The highest BCUT2D eigenvalue weighted by molar-refractivity contribution is 5.67. The summed E-state index contributed by atoms with van der Waals surface area (Å²) in [6, 6.07) is 4.04. The zero-order chi connectivity index (χ0) is 15.8. The molecule has 1 aromatic rings. The normalized spacial score (nSPS) is 10.7. The zero-order valence-corrected chi connectivity index (χ0v) is 13.5. The van der Waals surface area contributed by atoms with Crippen LogP contribution in [0.15, 0.2) is 18.3 Å². The van der Waals surface area contributed by atoms with Gasteiger partial charge in [-0.1, -0.05) is 13.8 Å². The molecule has 21 heavy (non-hydrogen) atoms. The first-order valence-corrected chi connectivity index (χ1v) is 7.65. The van der Waals surface area contributed by atoms with Gasteiger partial charge in [-0.25, -0.2) is 4.98 Å². The van der Waals surface area contributed by atoms with Crippen LogP contribution in [0.4, 0.5) is 11.5 Å². The number of pyridine rings is 1. The Hall–Kier alpha value is -1.78. The Morgan fingerprint density at radius 1 is 1.24 bits per heavy atom. The number of rotatable bonds is 9. The summed E-state index contributed by atoms with van der Waals surface area (Å²) in [5.41, 5.74) is 0.987. The SMILES string of the molecule is CCN(CC)c1ccc(N(CCC(=O)O)CC(C)C)cn1. The number of nitrogens with zero attached hydrogens (tertiary/aromatic N) is 3. The summed E-state index contributed by atoms with van der Waals surface area (Å²) in [4.78, 5) is 19.6. The van der Waals surface area contributed by atoms with Gasteiger partial charge in [-0.2, -0.15) is 0 Å². The van der Waals surface area contributed by atoms with Crippen LogP contribution in [0.3, 0.4) is 0 Å². The second kappa shape index (κ2) is 8.49. The maximum Gasteiger partial charge on any atom is 0.305 e. The summed E-state index contributed by atoms with van der Waals surface area (Å²) >= 11 is 0. The number of carboxylic acids is 1. The third-order valence-corrected chi connectivity index (χ3v) is 3.37. The maximum atomic E-state index is 10.8. The van der Waals surface area contributed by atoms with Crippen molar-refractivity contribution in [1.29, 1.82) is 0 Å². The smallest absolute Gasteiger partial charge is 0.305 e. The van der Waals surface area contributed by atoms with Crippen molar-refractivity contribution in [3.63, 3.8) is 0 Å². The summed E-state index contributed by atoms with van der Waals surface area (Å²) in [5, 5.41) is 8.88. The first kappa shape index (κ1) is 17.3. The van der Waals surface area contributed by atoms with Gasteiger partial charge in [-0.15, -0.1) is 0 Å². The van der Waals surface area contributed by atoms with Crippen molar-refractivity contribution in [3.05, 3.63) is 18.3 Å². The Balaban J connectivity index is 2.84. The molecule has 1 N–H and O–H groups in total. The lowest BCUT2D eigenvalue weighted by molar-refractivity contribution is -0.136. The third kappa shape index (κ3) is 5.61. The first-order valence-electron chi connectivity index (χ1n) is 7.65. The number of carbonyl (C=O) groups is 1. The van der Waals surface area contributed by atoms with Crippen molar-refractivity contribution in [2.24, 2.45) is 5.92 Å². The molecular weight excluding hydrogens is 266 g/mol. The molecule has 0 spiro atoms. The minimum absolute atomic E-state index is 0.143. The summed E-state index contributed by atoms with van der Waals surface area (Å²) in [6.07, 6.45) is 1.99. The molecule has 1 rings (SSSR count).